The Hall–Kier alpha value is -3.15. The van der Waals surface area contributed by atoms with E-state index in [1.54, 1.807) is 7.11 Å². The van der Waals surface area contributed by atoms with Gasteiger partial charge in [-0.3, -0.25) is 4.79 Å². The maximum absolute atomic E-state index is 13.0. The quantitative estimate of drug-likeness (QED) is 0.685. The van der Waals surface area contributed by atoms with Crippen molar-refractivity contribution in [1.29, 1.82) is 0 Å². The number of aryl methyl sites for hydroxylation is 1. The highest BCUT2D eigenvalue weighted by molar-refractivity contribution is 5.96. The van der Waals surface area contributed by atoms with Gasteiger partial charge in [0.25, 0.3) is 5.91 Å². The first-order chi connectivity index (χ1) is 13.7. The molecule has 1 saturated heterocycles. The molecule has 144 valence electrons. The van der Waals surface area contributed by atoms with Crippen molar-refractivity contribution in [2.45, 2.75) is 25.7 Å². The molecule has 1 aromatic heterocycles. The molecule has 6 heteroatoms. The summed E-state index contributed by atoms with van der Waals surface area (Å²) in [6, 6.07) is 15.3. The summed E-state index contributed by atoms with van der Waals surface area (Å²) in [4.78, 5) is 14.9. The minimum absolute atomic E-state index is 0.0349. The molecule has 0 saturated carbocycles. The van der Waals surface area contributed by atoms with Crippen LogP contribution in [0.5, 0.6) is 5.75 Å². The summed E-state index contributed by atoms with van der Waals surface area (Å²) in [6.07, 6.45) is 1.84. The van der Waals surface area contributed by atoms with E-state index in [0.29, 0.717) is 23.9 Å². The van der Waals surface area contributed by atoms with E-state index in [0.717, 1.165) is 36.3 Å². The lowest BCUT2D eigenvalue weighted by Crippen LogP contribution is -2.39. The second-order valence-corrected chi connectivity index (χ2v) is 7.08. The summed E-state index contributed by atoms with van der Waals surface area (Å²) in [6.45, 7) is 3.25. The summed E-state index contributed by atoms with van der Waals surface area (Å²) < 4.78 is 11.2. The number of carbonyl (C=O) groups excluding carboxylic acids is 1. The molecule has 0 spiro atoms. The van der Waals surface area contributed by atoms with Crippen LogP contribution in [0.3, 0.4) is 0 Å². The molecule has 28 heavy (non-hydrogen) atoms. The Balaban J connectivity index is 1.50. The molecule has 0 unspecified atom stereocenters. The number of hydrogen-bond acceptors (Lipinski definition) is 5. The highest BCUT2D eigenvalue weighted by Crippen LogP contribution is 2.29. The van der Waals surface area contributed by atoms with Crippen LogP contribution in [-0.2, 0) is 0 Å². The molecule has 1 aliphatic heterocycles. The van der Waals surface area contributed by atoms with Crippen molar-refractivity contribution < 1.29 is 13.9 Å². The predicted molar refractivity (Wildman–Crippen MR) is 105 cm³/mol. The molecule has 2 heterocycles. The average molecular weight is 377 g/mol. The van der Waals surface area contributed by atoms with Gasteiger partial charge in [-0.1, -0.05) is 18.2 Å². The molecule has 0 radical (unpaired) electrons. The molecule has 6 nitrogen and oxygen atoms in total. The van der Waals surface area contributed by atoms with Gasteiger partial charge in [-0.2, -0.15) is 0 Å². The number of piperidine rings is 1. The van der Waals surface area contributed by atoms with E-state index < -0.39 is 0 Å². The fourth-order valence-corrected chi connectivity index (χ4v) is 3.63. The summed E-state index contributed by atoms with van der Waals surface area (Å²) in [5, 5.41) is 8.44. The molecule has 4 rings (SSSR count). The van der Waals surface area contributed by atoms with Crippen LogP contribution < -0.4 is 4.74 Å². The highest BCUT2D eigenvalue weighted by Gasteiger charge is 2.29. The average Bonchev–Trinajstić information content (AvgIpc) is 3.24. The van der Waals surface area contributed by atoms with Gasteiger partial charge in [0, 0.05) is 24.2 Å². The van der Waals surface area contributed by atoms with Gasteiger partial charge in [-0.15, -0.1) is 10.2 Å². The number of methoxy groups -OCH3 is 1. The second-order valence-electron chi connectivity index (χ2n) is 7.08. The second kappa shape index (κ2) is 7.84. The lowest BCUT2D eigenvalue weighted by molar-refractivity contribution is 0.0697. The van der Waals surface area contributed by atoms with Gasteiger partial charge in [0.05, 0.1) is 13.0 Å². The number of carbonyl (C=O) groups is 1. The first-order valence-corrected chi connectivity index (χ1v) is 9.48. The number of nitrogens with zero attached hydrogens (tertiary/aromatic N) is 3. The minimum atomic E-state index is 0.0349. The van der Waals surface area contributed by atoms with Gasteiger partial charge in [0.2, 0.25) is 11.8 Å². The fourth-order valence-electron chi connectivity index (χ4n) is 3.63. The molecule has 0 bridgehead atoms. The Morgan fingerprint density at radius 2 is 2.00 bits per heavy atom. The topological polar surface area (TPSA) is 68.5 Å². The van der Waals surface area contributed by atoms with E-state index >= 15 is 0 Å². The third kappa shape index (κ3) is 3.63. The number of hydrogen-bond donors (Lipinski definition) is 0. The van der Waals surface area contributed by atoms with Crippen LogP contribution in [0.4, 0.5) is 0 Å². The normalized spacial score (nSPS) is 16.8. The van der Waals surface area contributed by atoms with Crippen LogP contribution in [0, 0.1) is 6.92 Å². The van der Waals surface area contributed by atoms with Crippen LogP contribution in [-0.4, -0.2) is 41.2 Å². The lowest BCUT2D eigenvalue weighted by atomic mass is 9.96. The zero-order chi connectivity index (χ0) is 19.5. The van der Waals surface area contributed by atoms with Crippen molar-refractivity contribution in [2.24, 2.45) is 0 Å². The van der Waals surface area contributed by atoms with E-state index in [9.17, 15) is 4.79 Å². The van der Waals surface area contributed by atoms with Crippen LogP contribution in [0.1, 0.15) is 40.6 Å². The van der Waals surface area contributed by atoms with Gasteiger partial charge in [-0.25, -0.2) is 0 Å². The summed E-state index contributed by atoms with van der Waals surface area (Å²) in [7, 11) is 1.62. The van der Waals surface area contributed by atoms with E-state index in [4.69, 9.17) is 9.15 Å². The molecular weight excluding hydrogens is 354 g/mol. The van der Waals surface area contributed by atoms with Crippen LogP contribution in [0.15, 0.2) is 52.9 Å². The Kier molecular flexibility index (Phi) is 5.10. The largest absolute Gasteiger partial charge is 0.497 e. The molecule has 1 amide bonds. The number of aromatic nitrogens is 2. The van der Waals surface area contributed by atoms with Gasteiger partial charge >= 0.3 is 0 Å². The Labute approximate surface area is 164 Å². The predicted octanol–water partition coefficient (Wildman–Crippen LogP) is 4.07. The van der Waals surface area contributed by atoms with E-state index in [1.807, 2.05) is 60.4 Å². The van der Waals surface area contributed by atoms with E-state index in [1.165, 1.54) is 0 Å². The van der Waals surface area contributed by atoms with E-state index in [2.05, 4.69) is 10.2 Å². The highest BCUT2D eigenvalue weighted by atomic mass is 16.5. The van der Waals surface area contributed by atoms with Gasteiger partial charge in [0.15, 0.2) is 0 Å². The Morgan fingerprint density at radius 3 is 2.75 bits per heavy atom. The minimum Gasteiger partial charge on any atom is -0.497 e. The number of rotatable bonds is 4. The number of likely N-dealkylation sites (tertiary alicyclic amines) is 1. The molecule has 1 aliphatic rings. The number of amides is 1. The van der Waals surface area contributed by atoms with Crippen molar-refractivity contribution in [3.8, 4) is 17.2 Å². The van der Waals surface area contributed by atoms with Gasteiger partial charge in [-0.05, 0) is 55.7 Å². The fraction of sp³-hybridized carbons (Fsp3) is 0.318. The van der Waals surface area contributed by atoms with Crippen LogP contribution >= 0.6 is 0 Å². The Bertz CT molecular complexity index is 968. The maximum Gasteiger partial charge on any atom is 0.254 e. The summed E-state index contributed by atoms with van der Waals surface area (Å²) in [5.41, 5.74) is 2.52. The third-order valence-electron chi connectivity index (χ3n) is 5.18. The summed E-state index contributed by atoms with van der Waals surface area (Å²) >= 11 is 0. The van der Waals surface area contributed by atoms with Crippen molar-refractivity contribution in [1.82, 2.24) is 15.1 Å². The monoisotopic (exact) mass is 377 g/mol. The zero-order valence-electron chi connectivity index (χ0n) is 16.1. The standard InChI is InChI=1S/C22H23N3O3/c1-15-13-18(27-2)10-11-19(15)22(26)25-12-6-9-17(14-25)21-24-23-20(28-21)16-7-4-3-5-8-16/h3-5,7-8,10-11,13,17H,6,9,12,14H2,1-2H3/t17-/m0/s1. The van der Waals surface area contributed by atoms with E-state index in [-0.39, 0.29) is 11.8 Å². The smallest absolute Gasteiger partial charge is 0.254 e. The number of ether oxygens (including phenoxy) is 1. The van der Waals surface area contributed by atoms with Gasteiger partial charge < -0.3 is 14.1 Å². The molecule has 2 aromatic carbocycles. The molecule has 1 atom stereocenters. The van der Waals surface area contributed by atoms with Crippen LogP contribution in [0.2, 0.25) is 0 Å². The Morgan fingerprint density at radius 1 is 1.18 bits per heavy atom. The first kappa shape index (κ1) is 18.2. The molecule has 1 fully saturated rings. The molecule has 0 N–H and O–H groups in total. The SMILES string of the molecule is COc1ccc(C(=O)N2CCC[C@H](c3nnc(-c4ccccc4)o3)C2)c(C)c1. The van der Waals surface area contributed by atoms with Crippen molar-refractivity contribution >= 4 is 5.91 Å². The van der Waals surface area contributed by atoms with Crippen molar-refractivity contribution in [3.05, 3.63) is 65.5 Å². The zero-order valence-corrected chi connectivity index (χ0v) is 16.1. The first-order valence-electron chi connectivity index (χ1n) is 9.48. The summed E-state index contributed by atoms with van der Waals surface area (Å²) in [5.74, 6) is 1.96. The lowest BCUT2D eigenvalue weighted by Gasteiger charge is -2.31. The maximum atomic E-state index is 13.0. The van der Waals surface area contributed by atoms with Crippen molar-refractivity contribution in [3.63, 3.8) is 0 Å². The van der Waals surface area contributed by atoms with Crippen LogP contribution in [0.25, 0.3) is 11.5 Å². The number of benzene rings is 2. The molecule has 0 aliphatic carbocycles. The van der Waals surface area contributed by atoms with Gasteiger partial charge in [0.1, 0.15) is 5.75 Å². The molecule has 3 aromatic rings. The third-order valence-corrected chi connectivity index (χ3v) is 5.18. The molecular formula is C22H23N3O3. The van der Waals surface area contributed by atoms with Crippen molar-refractivity contribution in [2.75, 3.05) is 20.2 Å².